The van der Waals surface area contributed by atoms with E-state index in [1.165, 1.54) is 14.2 Å². The summed E-state index contributed by atoms with van der Waals surface area (Å²) in [5.41, 5.74) is 1.87. The highest BCUT2D eigenvalue weighted by atomic mass is 16.5. The van der Waals surface area contributed by atoms with Crippen LogP contribution in [-0.2, 0) is 51.2 Å². The number of amides is 5. The Morgan fingerprint density at radius 2 is 1.41 bits per heavy atom. The van der Waals surface area contributed by atoms with E-state index in [1.54, 1.807) is 42.8 Å². The molecule has 1 aliphatic rings. The summed E-state index contributed by atoms with van der Waals surface area (Å²) in [7, 11) is 8.30. The zero-order valence-corrected chi connectivity index (χ0v) is 41.7. The lowest BCUT2D eigenvalue weighted by molar-refractivity contribution is -0.148. The standard InChI is InChI=1S/C51H80N6O9/c1-13-35(6)46(56(10)51(64)44(33(2)3)53-49(62)45(34(4)5)54(8)28-21-27-43(59)60)41(65-11)31-42(58)57-29-20-26-40(57)47(66-12)36(7)48(61)52-39(30-37-22-16-14-17-23-37)50(63)55(9)32-38-24-18-15-19-25-38/h14-19,22-25,33-36,39-41,44-47H,13,20-21,26-32H2,1-12H3,(H,52,61)(H,53,62)(H,59,60)/t35-,36+,39-,40-,41+,44-,45-,46-,47+/m0/s1. The highest BCUT2D eigenvalue weighted by Crippen LogP contribution is 2.30. The molecular formula is C51H80N6O9. The highest BCUT2D eigenvalue weighted by molar-refractivity contribution is 5.91. The van der Waals surface area contributed by atoms with Gasteiger partial charge in [0, 0.05) is 54.2 Å². The third-order valence-electron chi connectivity index (χ3n) is 13.3. The number of likely N-dealkylation sites (N-methyl/N-ethyl adjacent to an activating group) is 3. The number of nitrogens with zero attached hydrogens (tertiary/aromatic N) is 4. The van der Waals surface area contributed by atoms with Gasteiger partial charge in [-0.15, -0.1) is 0 Å². The minimum atomic E-state index is -0.898. The van der Waals surface area contributed by atoms with E-state index < -0.39 is 54.3 Å². The number of rotatable bonds is 27. The van der Waals surface area contributed by atoms with Gasteiger partial charge < -0.3 is 39.9 Å². The molecule has 2 aromatic rings. The summed E-state index contributed by atoms with van der Waals surface area (Å²) in [6.07, 6.45) is 1.26. The van der Waals surface area contributed by atoms with Crippen LogP contribution in [0.3, 0.4) is 0 Å². The Morgan fingerprint density at radius 3 is 1.94 bits per heavy atom. The van der Waals surface area contributed by atoms with E-state index in [-0.39, 0.29) is 60.1 Å². The van der Waals surface area contributed by atoms with Crippen molar-refractivity contribution in [1.29, 1.82) is 0 Å². The van der Waals surface area contributed by atoms with Crippen molar-refractivity contribution < 1.29 is 43.3 Å². The first-order chi connectivity index (χ1) is 31.3. The van der Waals surface area contributed by atoms with Crippen molar-refractivity contribution in [1.82, 2.24) is 30.2 Å². The second-order valence-electron chi connectivity index (χ2n) is 18.9. The van der Waals surface area contributed by atoms with E-state index in [1.807, 2.05) is 107 Å². The van der Waals surface area contributed by atoms with Crippen LogP contribution in [-0.4, -0.2) is 151 Å². The molecule has 0 aliphatic carbocycles. The largest absolute Gasteiger partial charge is 0.481 e. The van der Waals surface area contributed by atoms with Crippen LogP contribution in [0.1, 0.15) is 98.1 Å². The quantitative estimate of drug-likeness (QED) is 0.107. The molecule has 3 N–H and O–H groups in total. The summed E-state index contributed by atoms with van der Waals surface area (Å²) in [6.45, 7) is 14.6. The number of methoxy groups -OCH3 is 2. The van der Waals surface area contributed by atoms with Crippen molar-refractivity contribution in [3.63, 3.8) is 0 Å². The van der Waals surface area contributed by atoms with Crippen LogP contribution < -0.4 is 10.6 Å². The predicted octanol–water partition coefficient (Wildman–Crippen LogP) is 5.25. The molecule has 0 spiro atoms. The van der Waals surface area contributed by atoms with Gasteiger partial charge in [-0.2, -0.15) is 0 Å². The molecule has 15 heteroatoms. The fourth-order valence-electron chi connectivity index (χ4n) is 9.46. The number of carbonyl (C=O) groups excluding carboxylic acids is 5. The van der Waals surface area contributed by atoms with Gasteiger partial charge in [-0.1, -0.05) is 116 Å². The van der Waals surface area contributed by atoms with E-state index in [2.05, 4.69) is 10.6 Å². The smallest absolute Gasteiger partial charge is 0.303 e. The number of nitrogens with one attached hydrogen (secondary N) is 2. The summed E-state index contributed by atoms with van der Waals surface area (Å²) in [5, 5.41) is 15.2. The number of carboxylic acid groups (broad SMARTS) is 1. The van der Waals surface area contributed by atoms with Gasteiger partial charge in [0.1, 0.15) is 12.1 Å². The van der Waals surface area contributed by atoms with Crippen molar-refractivity contribution >= 4 is 35.5 Å². The lowest BCUT2D eigenvalue weighted by atomic mass is 9.89. The maximum Gasteiger partial charge on any atom is 0.303 e. The van der Waals surface area contributed by atoms with Crippen molar-refractivity contribution in [3.8, 4) is 0 Å². The fraction of sp³-hybridized carbons (Fsp3) is 0.647. The number of aliphatic carboxylic acids is 1. The van der Waals surface area contributed by atoms with Gasteiger partial charge in [0.2, 0.25) is 29.5 Å². The van der Waals surface area contributed by atoms with Crippen molar-refractivity contribution in [2.75, 3.05) is 48.5 Å². The molecule has 1 saturated heterocycles. The molecule has 2 aromatic carbocycles. The molecular weight excluding hydrogens is 841 g/mol. The van der Waals surface area contributed by atoms with Crippen molar-refractivity contribution in [3.05, 3.63) is 71.8 Å². The molecule has 66 heavy (non-hydrogen) atoms. The van der Waals surface area contributed by atoms with Crippen LogP contribution in [0.15, 0.2) is 60.7 Å². The second-order valence-corrected chi connectivity index (χ2v) is 18.9. The molecule has 15 nitrogen and oxygen atoms in total. The number of carbonyl (C=O) groups is 6. The number of ether oxygens (including phenoxy) is 2. The highest BCUT2D eigenvalue weighted by Gasteiger charge is 2.44. The molecule has 0 saturated carbocycles. The van der Waals surface area contributed by atoms with Crippen molar-refractivity contribution in [2.24, 2.45) is 23.7 Å². The lowest BCUT2D eigenvalue weighted by Crippen LogP contribution is -2.60. The summed E-state index contributed by atoms with van der Waals surface area (Å²) in [5.74, 6) is -3.48. The summed E-state index contributed by atoms with van der Waals surface area (Å²) < 4.78 is 12.1. The Labute approximate surface area is 394 Å². The summed E-state index contributed by atoms with van der Waals surface area (Å²) in [6, 6.07) is 16.0. The predicted molar refractivity (Wildman–Crippen MR) is 256 cm³/mol. The van der Waals surface area contributed by atoms with Crippen LogP contribution in [0.25, 0.3) is 0 Å². The molecule has 368 valence electrons. The first-order valence-electron chi connectivity index (χ1n) is 23.7. The minimum absolute atomic E-state index is 0.00991. The molecule has 0 aromatic heterocycles. The Hall–Kier alpha value is -4.86. The number of benzene rings is 2. The van der Waals surface area contributed by atoms with Crippen LogP contribution >= 0.6 is 0 Å². The van der Waals surface area contributed by atoms with Crippen LogP contribution in [0.4, 0.5) is 0 Å². The molecule has 1 fully saturated rings. The fourth-order valence-corrected chi connectivity index (χ4v) is 9.46. The van der Waals surface area contributed by atoms with E-state index in [9.17, 15) is 28.8 Å². The van der Waals surface area contributed by atoms with Gasteiger partial charge in [0.15, 0.2) is 0 Å². The SMILES string of the molecule is CC[C@H](C)[C@@H]([C@@H](CC(=O)N1CCC[C@H]1[C@H](OC)[C@@H](C)C(=O)N[C@@H](Cc1ccccc1)C(=O)N(C)Cc1ccccc1)OC)N(C)C(=O)[C@@H](NC(=O)[C@H](C(C)C)N(C)CCCC(=O)O)C(C)C. The van der Waals surface area contributed by atoms with E-state index >= 15 is 0 Å². The Morgan fingerprint density at radius 1 is 0.803 bits per heavy atom. The average Bonchev–Trinajstić information content (AvgIpc) is 3.77. The number of carboxylic acids is 1. The van der Waals surface area contributed by atoms with E-state index in [4.69, 9.17) is 14.6 Å². The molecule has 9 atom stereocenters. The number of hydrogen-bond donors (Lipinski definition) is 3. The van der Waals surface area contributed by atoms with Gasteiger partial charge in [-0.3, -0.25) is 33.7 Å². The average molecular weight is 921 g/mol. The summed E-state index contributed by atoms with van der Waals surface area (Å²) >= 11 is 0. The van der Waals surface area contributed by atoms with Gasteiger partial charge >= 0.3 is 5.97 Å². The zero-order chi connectivity index (χ0) is 49.2. The van der Waals surface area contributed by atoms with Gasteiger partial charge in [0.05, 0.1) is 42.7 Å². The first-order valence-corrected chi connectivity index (χ1v) is 23.7. The zero-order valence-electron chi connectivity index (χ0n) is 41.7. The number of hydrogen-bond acceptors (Lipinski definition) is 9. The van der Waals surface area contributed by atoms with Gasteiger partial charge in [-0.05, 0) is 61.7 Å². The normalized spacial score (nSPS) is 17.6. The van der Waals surface area contributed by atoms with E-state index in [0.29, 0.717) is 51.7 Å². The number of likely N-dealkylation sites (tertiary alicyclic amines) is 1. The molecule has 0 bridgehead atoms. The minimum Gasteiger partial charge on any atom is -0.481 e. The van der Waals surface area contributed by atoms with Crippen LogP contribution in [0, 0.1) is 23.7 Å². The third kappa shape index (κ3) is 15.6. The van der Waals surface area contributed by atoms with Crippen molar-refractivity contribution in [2.45, 2.75) is 142 Å². The maximum atomic E-state index is 14.5. The molecule has 3 rings (SSSR count). The topological polar surface area (TPSA) is 178 Å². The first kappa shape index (κ1) is 55.5. The van der Waals surface area contributed by atoms with Gasteiger partial charge in [0.25, 0.3) is 0 Å². The molecule has 1 heterocycles. The van der Waals surface area contributed by atoms with Crippen LogP contribution in [0.2, 0.25) is 0 Å². The monoisotopic (exact) mass is 921 g/mol. The summed E-state index contributed by atoms with van der Waals surface area (Å²) in [4.78, 5) is 89.1. The van der Waals surface area contributed by atoms with Gasteiger partial charge in [-0.25, -0.2) is 0 Å². The third-order valence-corrected chi connectivity index (χ3v) is 13.3. The van der Waals surface area contributed by atoms with E-state index in [0.717, 1.165) is 11.1 Å². The Balaban J connectivity index is 1.80. The maximum absolute atomic E-state index is 14.5. The Kier molecular flexibility index (Phi) is 22.8. The van der Waals surface area contributed by atoms with Crippen LogP contribution in [0.5, 0.6) is 0 Å². The second kappa shape index (κ2) is 27.1. The molecule has 0 radical (unpaired) electrons. The molecule has 5 amide bonds. The molecule has 0 unspecified atom stereocenters. The molecule has 1 aliphatic heterocycles. The Bertz CT molecular complexity index is 1850. The lowest BCUT2D eigenvalue weighted by Gasteiger charge is -2.41.